The van der Waals surface area contributed by atoms with E-state index in [9.17, 15) is 9.59 Å². The third kappa shape index (κ3) is 6.49. The predicted molar refractivity (Wildman–Crippen MR) is 80.8 cm³/mol. The average Bonchev–Trinajstić information content (AvgIpc) is 2.42. The number of carbonyl (C=O) groups excluding carboxylic acids is 1. The Kier molecular flexibility index (Phi) is 7.02. The van der Waals surface area contributed by atoms with Crippen molar-refractivity contribution in [2.24, 2.45) is 5.92 Å². The lowest BCUT2D eigenvalue weighted by atomic mass is 10.1. The van der Waals surface area contributed by atoms with Crippen molar-refractivity contribution in [3.8, 4) is 5.75 Å². The Morgan fingerprint density at radius 1 is 1.43 bits per heavy atom. The molecule has 0 aliphatic heterocycles. The molecule has 0 saturated heterocycles. The third-order valence-corrected chi connectivity index (χ3v) is 3.32. The molecule has 0 fully saturated rings. The number of benzene rings is 1. The van der Waals surface area contributed by atoms with Gasteiger partial charge < -0.3 is 15.2 Å². The molecule has 0 spiro atoms. The highest BCUT2D eigenvalue weighted by molar-refractivity contribution is 6.32. The largest absolute Gasteiger partial charge is 0.495 e. The molecule has 1 unspecified atom stereocenters. The number of carboxylic acid groups (broad SMARTS) is 1. The van der Waals surface area contributed by atoms with E-state index in [1.54, 1.807) is 26.2 Å². The lowest BCUT2D eigenvalue weighted by molar-refractivity contribution is -0.138. The zero-order valence-corrected chi connectivity index (χ0v) is 12.9. The van der Waals surface area contributed by atoms with Gasteiger partial charge in [-0.05, 0) is 30.0 Å². The summed E-state index contributed by atoms with van der Waals surface area (Å²) in [6.45, 7) is 2.16. The van der Waals surface area contributed by atoms with Crippen molar-refractivity contribution in [1.29, 1.82) is 0 Å². The molecule has 116 valence electrons. The first kappa shape index (κ1) is 17.3. The first-order valence-corrected chi connectivity index (χ1v) is 7.11. The maximum absolute atomic E-state index is 11.7. The molecule has 0 aromatic heterocycles. The number of hydrogen-bond donors (Lipinski definition) is 2. The van der Waals surface area contributed by atoms with E-state index >= 15 is 0 Å². The summed E-state index contributed by atoms with van der Waals surface area (Å²) in [4.78, 5) is 22.2. The minimum absolute atomic E-state index is 0.0500. The van der Waals surface area contributed by atoms with Gasteiger partial charge in [-0.2, -0.15) is 0 Å². The molecule has 0 saturated carbocycles. The van der Waals surface area contributed by atoms with Crippen molar-refractivity contribution in [3.05, 3.63) is 28.8 Å². The van der Waals surface area contributed by atoms with E-state index in [2.05, 4.69) is 5.32 Å². The fraction of sp³-hybridized carbons (Fsp3) is 0.467. The topological polar surface area (TPSA) is 75.6 Å². The number of ether oxygens (including phenoxy) is 1. The normalized spacial score (nSPS) is 11.8. The van der Waals surface area contributed by atoms with E-state index in [-0.39, 0.29) is 18.2 Å². The second kappa shape index (κ2) is 8.52. The Labute approximate surface area is 129 Å². The number of methoxy groups -OCH3 is 1. The first-order chi connectivity index (χ1) is 9.92. The monoisotopic (exact) mass is 313 g/mol. The van der Waals surface area contributed by atoms with Crippen LogP contribution in [0, 0.1) is 5.92 Å². The molecule has 0 aliphatic carbocycles. The SMILES string of the molecule is COc1ccc(CCC(=O)NCC(C)CC(=O)O)cc1Cl. The van der Waals surface area contributed by atoms with Gasteiger partial charge in [-0.3, -0.25) is 9.59 Å². The number of nitrogens with one attached hydrogen (secondary N) is 1. The molecule has 1 aromatic carbocycles. The number of aliphatic carboxylic acids is 1. The van der Waals surface area contributed by atoms with Crippen LogP contribution in [0.15, 0.2) is 18.2 Å². The number of carbonyl (C=O) groups is 2. The van der Waals surface area contributed by atoms with Crippen LogP contribution < -0.4 is 10.1 Å². The number of amides is 1. The molecule has 1 aromatic rings. The second-order valence-corrected chi connectivity index (χ2v) is 5.38. The minimum Gasteiger partial charge on any atom is -0.495 e. The molecule has 0 aliphatic rings. The molecule has 0 heterocycles. The number of aryl methyl sites for hydroxylation is 1. The van der Waals surface area contributed by atoms with Gasteiger partial charge in [0.05, 0.1) is 12.1 Å². The molecule has 0 radical (unpaired) electrons. The van der Waals surface area contributed by atoms with Crippen molar-refractivity contribution >= 4 is 23.5 Å². The van der Waals surface area contributed by atoms with E-state index < -0.39 is 5.97 Å². The number of rotatable bonds is 8. The minimum atomic E-state index is -0.857. The molecular formula is C15H20ClNO4. The van der Waals surface area contributed by atoms with E-state index in [0.717, 1.165) is 5.56 Å². The Balaban J connectivity index is 2.36. The van der Waals surface area contributed by atoms with Crippen LogP contribution in [-0.4, -0.2) is 30.6 Å². The smallest absolute Gasteiger partial charge is 0.303 e. The third-order valence-electron chi connectivity index (χ3n) is 3.03. The van der Waals surface area contributed by atoms with Gasteiger partial charge in [0.15, 0.2) is 0 Å². The maximum atomic E-state index is 11.7. The molecule has 1 rings (SSSR count). The molecule has 0 bridgehead atoms. The Morgan fingerprint density at radius 2 is 2.14 bits per heavy atom. The number of carboxylic acids is 1. The van der Waals surface area contributed by atoms with Gasteiger partial charge in [-0.25, -0.2) is 0 Å². The molecule has 1 amide bonds. The summed E-state index contributed by atoms with van der Waals surface area (Å²) in [5, 5.41) is 11.9. The highest BCUT2D eigenvalue weighted by Gasteiger charge is 2.10. The van der Waals surface area contributed by atoms with Crippen LogP contribution >= 0.6 is 11.6 Å². The zero-order chi connectivity index (χ0) is 15.8. The van der Waals surface area contributed by atoms with Crippen molar-refractivity contribution in [2.45, 2.75) is 26.2 Å². The van der Waals surface area contributed by atoms with Crippen LogP contribution in [0.2, 0.25) is 5.02 Å². The maximum Gasteiger partial charge on any atom is 0.303 e. The number of hydrogen-bond acceptors (Lipinski definition) is 3. The second-order valence-electron chi connectivity index (χ2n) is 4.98. The van der Waals surface area contributed by atoms with E-state index in [0.29, 0.717) is 30.2 Å². The fourth-order valence-corrected chi connectivity index (χ4v) is 2.15. The van der Waals surface area contributed by atoms with Gasteiger partial charge in [0, 0.05) is 19.4 Å². The standard InChI is InChI=1S/C15H20ClNO4/c1-10(7-15(19)20)9-17-14(18)6-4-11-3-5-13(21-2)12(16)8-11/h3,5,8,10H,4,6-7,9H2,1-2H3,(H,17,18)(H,19,20). The molecule has 6 heteroatoms. The van der Waals surface area contributed by atoms with Gasteiger partial charge in [-0.1, -0.05) is 24.6 Å². The van der Waals surface area contributed by atoms with E-state index in [1.165, 1.54) is 0 Å². The number of halogens is 1. The van der Waals surface area contributed by atoms with Gasteiger partial charge in [0.1, 0.15) is 5.75 Å². The van der Waals surface area contributed by atoms with Gasteiger partial charge in [-0.15, -0.1) is 0 Å². The van der Waals surface area contributed by atoms with Crippen LogP contribution in [0.1, 0.15) is 25.3 Å². The molecule has 2 N–H and O–H groups in total. The Bertz CT molecular complexity index is 504. The Morgan fingerprint density at radius 3 is 2.71 bits per heavy atom. The van der Waals surface area contributed by atoms with Crippen molar-refractivity contribution in [3.63, 3.8) is 0 Å². The lowest BCUT2D eigenvalue weighted by Gasteiger charge is -2.10. The highest BCUT2D eigenvalue weighted by Crippen LogP contribution is 2.25. The van der Waals surface area contributed by atoms with Crippen molar-refractivity contribution in [2.75, 3.05) is 13.7 Å². The summed E-state index contributed by atoms with van der Waals surface area (Å²) in [6.07, 6.45) is 0.958. The van der Waals surface area contributed by atoms with Crippen LogP contribution in [0.5, 0.6) is 5.75 Å². The molecule has 1 atom stereocenters. The summed E-state index contributed by atoms with van der Waals surface area (Å²) >= 11 is 6.01. The van der Waals surface area contributed by atoms with E-state index in [1.807, 2.05) is 6.07 Å². The average molecular weight is 314 g/mol. The van der Waals surface area contributed by atoms with Gasteiger partial charge in [0.25, 0.3) is 0 Å². The van der Waals surface area contributed by atoms with Gasteiger partial charge in [0.2, 0.25) is 5.91 Å². The lowest BCUT2D eigenvalue weighted by Crippen LogP contribution is -2.29. The summed E-state index contributed by atoms with van der Waals surface area (Å²) in [7, 11) is 1.55. The van der Waals surface area contributed by atoms with Crippen LogP contribution in [0.25, 0.3) is 0 Å². The first-order valence-electron chi connectivity index (χ1n) is 6.73. The molecular weight excluding hydrogens is 294 g/mol. The molecule has 21 heavy (non-hydrogen) atoms. The summed E-state index contributed by atoms with van der Waals surface area (Å²) in [6, 6.07) is 5.41. The summed E-state index contributed by atoms with van der Waals surface area (Å²) in [5.74, 6) is -0.432. The van der Waals surface area contributed by atoms with Crippen molar-refractivity contribution < 1.29 is 19.4 Å². The van der Waals surface area contributed by atoms with Gasteiger partial charge >= 0.3 is 5.97 Å². The van der Waals surface area contributed by atoms with Crippen LogP contribution in [-0.2, 0) is 16.0 Å². The molecule has 5 nitrogen and oxygen atoms in total. The van der Waals surface area contributed by atoms with Crippen molar-refractivity contribution in [1.82, 2.24) is 5.32 Å². The predicted octanol–water partition coefficient (Wildman–Crippen LogP) is 2.51. The fourth-order valence-electron chi connectivity index (χ4n) is 1.87. The summed E-state index contributed by atoms with van der Waals surface area (Å²) in [5.41, 5.74) is 0.953. The zero-order valence-electron chi connectivity index (χ0n) is 12.2. The van der Waals surface area contributed by atoms with Crippen LogP contribution in [0.3, 0.4) is 0 Å². The van der Waals surface area contributed by atoms with Crippen LogP contribution in [0.4, 0.5) is 0 Å². The quantitative estimate of drug-likeness (QED) is 0.773. The Hall–Kier alpha value is -1.75. The van der Waals surface area contributed by atoms with E-state index in [4.69, 9.17) is 21.4 Å². The highest BCUT2D eigenvalue weighted by atomic mass is 35.5. The summed E-state index contributed by atoms with van der Waals surface area (Å²) < 4.78 is 5.06.